The van der Waals surface area contributed by atoms with Crippen LogP contribution in [0.15, 0.2) is 41.0 Å². The number of amides is 2. The SMILES string of the molecule is COC(=O)c1cccc(CNC(=O)NCc2ccoc2C)c1. The maximum absolute atomic E-state index is 11.8. The van der Waals surface area contributed by atoms with Gasteiger partial charge in [-0.2, -0.15) is 0 Å². The van der Waals surface area contributed by atoms with Crippen molar-refractivity contribution in [1.29, 1.82) is 0 Å². The van der Waals surface area contributed by atoms with E-state index in [4.69, 9.17) is 4.42 Å². The largest absolute Gasteiger partial charge is 0.469 e. The highest BCUT2D eigenvalue weighted by molar-refractivity contribution is 5.89. The Morgan fingerprint density at radius 1 is 1.18 bits per heavy atom. The number of carbonyl (C=O) groups excluding carboxylic acids is 2. The van der Waals surface area contributed by atoms with Crippen molar-refractivity contribution in [2.24, 2.45) is 0 Å². The van der Waals surface area contributed by atoms with E-state index in [2.05, 4.69) is 15.4 Å². The lowest BCUT2D eigenvalue weighted by molar-refractivity contribution is 0.0600. The molecule has 0 atom stereocenters. The van der Waals surface area contributed by atoms with Gasteiger partial charge in [-0.1, -0.05) is 12.1 Å². The highest BCUT2D eigenvalue weighted by Crippen LogP contribution is 2.08. The van der Waals surface area contributed by atoms with E-state index in [9.17, 15) is 9.59 Å². The molecule has 0 unspecified atom stereocenters. The van der Waals surface area contributed by atoms with Crippen LogP contribution in [0.5, 0.6) is 0 Å². The van der Waals surface area contributed by atoms with Crippen LogP contribution in [0.1, 0.15) is 27.2 Å². The van der Waals surface area contributed by atoms with E-state index in [-0.39, 0.29) is 6.03 Å². The zero-order valence-corrected chi connectivity index (χ0v) is 12.5. The summed E-state index contributed by atoms with van der Waals surface area (Å²) in [5, 5.41) is 5.48. The van der Waals surface area contributed by atoms with Gasteiger partial charge >= 0.3 is 12.0 Å². The molecule has 0 aliphatic heterocycles. The first kappa shape index (κ1) is 15.6. The van der Waals surface area contributed by atoms with E-state index < -0.39 is 5.97 Å². The lowest BCUT2D eigenvalue weighted by Gasteiger charge is -2.08. The van der Waals surface area contributed by atoms with Crippen molar-refractivity contribution in [3.8, 4) is 0 Å². The fraction of sp³-hybridized carbons (Fsp3) is 0.250. The van der Waals surface area contributed by atoms with Crippen molar-refractivity contribution in [2.45, 2.75) is 20.0 Å². The summed E-state index contributed by atoms with van der Waals surface area (Å²) in [5.74, 6) is 0.382. The predicted molar refractivity (Wildman–Crippen MR) is 80.3 cm³/mol. The van der Waals surface area contributed by atoms with Gasteiger partial charge in [-0.3, -0.25) is 0 Å². The van der Waals surface area contributed by atoms with Gasteiger partial charge < -0.3 is 19.8 Å². The van der Waals surface area contributed by atoms with Crippen LogP contribution in [0, 0.1) is 6.92 Å². The number of rotatable bonds is 5. The molecule has 1 aromatic carbocycles. The van der Waals surface area contributed by atoms with Crippen LogP contribution in [0.3, 0.4) is 0 Å². The monoisotopic (exact) mass is 302 g/mol. The van der Waals surface area contributed by atoms with Gasteiger partial charge in [-0.05, 0) is 30.7 Å². The van der Waals surface area contributed by atoms with Gasteiger partial charge in [-0.25, -0.2) is 9.59 Å². The molecule has 2 N–H and O–H groups in total. The number of hydrogen-bond donors (Lipinski definition) is 2. The average Bonchev–Trinajstić information content (AvgIpc) is 2.95. The first-order valence-electron chi connectivity index (χ1n) is 6.82. The van der Waals surface area contributed by atoms with E-state index in [1.165, 1.54) is 7.11 Å². The number of benzene rings is 1. The molecular weight excluding hydrogens is 284 g/mol. The molecule has 116 valence electrons. The average molecular weight is 302 g/mol. The van der Waals surface area contributed by atoms with E-state index >= 15 is 0 Å². The molecule has 0 aliphatic rings. The minimum atomic E-state index is -0.401. The molecule has 0 saturated carbocycles. The summed E-state index contributed by atoms with van der Waals surface area (Å²) in [6.45, 7) is 2.56. The fourth-order valence-corrected chi connectivity index (χ4v) is 1.94. The summed E-state index contributed by atoms with van der Waals surface area (Å²) in [6, 6.07) is 8.45. The summed E-state index contributed by atoms with van der Waals surface area (Å²) in [4.78, 5) is 23.2. The normalized spacial score (nSPS) is 10.1. The van der Waals surface area contributed by atoms with Crippen molar-refractivity contribution in [3.63, 3.8) is 0 Å². The minimum absolute atomic E-state index is 0.288. The molecule has 6 nitrogen and oxygen atoms in total. The van der Waals surface area contributed by atoms with Crippen LogP contribution in [0.2, 0.25) is 0 Å². The molecule has 6 heteroatoms. The lowest BCUT2D eigenvalue weighted by Crippen LogP contribution is -2.34. The van der Waals surface area contributed by atoms with Crippen molar-refractivity contribution < 1.29 is 18.7 Å². The molecule has 0 saturated heterocycles. The number of urea groups is 1. The third-order valence-electron chi connectivity index (χ3n) is 3.21. The van der Waals surface area contributed by atoms with E-state index in [0.29, 0.717) is 18.7 Å². The highest BCUT2D eigenvalue weighted by Gasteiger charge is 2.07. The Bertz CT molecular complexity index is 664. The lowest BCUT2D eigenvalue weighted by atomic mass is 10.1. The molecular formula is C16H18N2O4. The number of aryl methyl sites for hydroxylation is 1. The standard InChI is InChI=1S/C16H18N2O4/c1-11-14(6-7-22-11)10-18-16(20)17-9-12-4-3-5-13(8-12)15(19)21-2/h3-8H,9-10H2,1-2H3,(H2,17,18,20). The molecule has 1 heterocycles. The van der Waals surface area contributed by atoms with Gasteiger partial charge in [0.2, 0.25) is 0 Å². The van der Waals surface area contributed by atoms with Crippen molar-refractivity contribution in [2.75, 3.05) is 7.11 Å². The van der Waals surface area contributed by atoms with Crippen LogP contribution >= 0.6 is 0 Å². The Balaban J connectivity index is 1.83. The molecule has 2 rings (SSSR count). The molecule has 1 aromatic heterocycles. The van der Waals surface area contributed by atoms with Gasteiger partial charge in [-0.15, -0.1) is 0 Å². The fourth-order valence-electron chi connectivity index (χ4n) is 1.94. The zero-order chi connectivity index (χ0) is 15.9. The third-order valence-corrected chi connectivity index (χ3v) is 3.21. The van der Waals surface area contributed by atoms with E-state index in [1.807, 2.05) is 19.1 Å². The van der Waals surface area contributed by atoms with E-state index in [0.717, 1.165) is 16.9 Å². The highest BCUT2D eigenvalue weighted by atomic mass is 16.5. The molecule has 22 heavy (non-hydrogen) atoms. The number of ether oxygens (including phenoxy) is 1. The van der Waals surface area contributed by atoms with Crippen LogP contribution in [0.4, 0.5) is 4.79 Å². The Morgan fingerprint density at radius 2 is 1.95 bits per heavy atom. The molecule has 0 radical (unpaired) electrons. The number of nitrogens with one attached hydrogen (secondary N) is 2. The minimum Gasteiger partial charge on any atom is -0.469 e. The summed E-state index contributed by atoms with van der Waals surface area (Å²) >= 11 is 0. The Morgan fingerprint density at radius 3 is 2.64 bits per heavy atom. The zero-order valence-electron chi connectivity index (χ0n) is 12.5. The van der Waals surface area contributed by atoms with Gasteiger partial charge in [0, 0.05) is 18.7 Å². The third kappa shape index (κ3) is 4.12. The molecule has 0 spiro atoms. The second-order valence-electron chi connectivity index (χ2n) is 4.73. The molecule has 2 amide bonds. The summed E-state index contributed by atoms with van der Waals surface area (Å²) < 4.78 is 9.82. The first-order valence-corrected chi connectivity index (χ1v) is 6.82. The molecule has 0 aliphatic carbocycles. The number of hydrogen-bond acceptors (Lipinski definition) is 4. The quantitative estimate of drug-likeness (QED) is 0.831. The number of furan rings is 1. The first-order chi connectivity index (χ1) is 10.6. The van der Waals surface area contributed by atoms with Gasteiger partial charge in [0.25, 0.3) is 0 Å². The second kappa shape index (κ2) is 7.31. The maximum atomic E-state index is 11.8. The van der Waals surface area contributed by atoms with Gasteiger partial charge in [0.1, 0.15) is 5.76 Å². The molecule has 0 bridgehead atoms. The number of esters is 1. The van der Waals surface area contributed by atoms with Crippen LogP contribution < -0.4 is 10.6 Å². The van der Waals surface area contributed by atoms with Gasteiger partial charge in [0.15, 0.2) is 0 Å². The van der Waals surface area contributed by atoms with Crippen LogP contribution in [-0.4, -0.2) is 19.1 Å². The molecule has 0 fully saturated rings. The summed E-state index contributed by atoms with van der Waals surface area (Å²) in [7, 11) is 1.33. The van der Waals surface area contributed by atoms with Gasteiger partial charge in [0.05, 0.1) is 18.9 Å². The summed E-state index contributed by atoms with van der Waals surface area (Å²) in [5.41, 5.74) is 2.21. The topological polar surface area (TPSA) is 80.6 Å². The second-order valence-corrected chi connectivity index (χ2v) is 4.73. The van der Waals surface area contributed by atoms with Crippen molar-refractivity contribution in [3.05, 3.63) is 59.0 Å². The maximum Gasteiger partial charge on any atom is 0.337 e. The smallest absolute Gasteiger partial charge is 0.337 e. The predicted octanol–water partition coefficient (Wildman–Crippen LogP) is 2.37. The molecule has 2 aromatic rings. The summed E-state index contributed by atoms with van der Waals surface area (Å²) in [6.07, 6.45) is 1.59. The van der Waals surface area contributed by atoms with E-state index in [1.54, 1.807) is 24.5 Å². The van der Waals surface area contributed by atoms with Crippen LogP contribution in [-0.2, 0) is 17.8 Å². The Hall–Kier alpha value is -2.76. The number of methoxy groups -OCH3 is 1. The Kier molecular flexibility index (Phi) is 5.19. The Labute approximate surface area is 128 Å². The van der Waals surface area contributed by atoms with Crippen molar-refractivity contribution in [1.82, 2.24) is 10.6 Å². The van der Waals surface area contributed by atoms with Crippen molar-refractivity contribution >= 4 is 12.0 Å². The van der Waals surface area contributed by atoms with Crippen LogP contribution in [0.25, 0.3) is 0 Å². The number of carbonyl (C=O) groups is 2.